The Labute approximate surface area is 115 Å². The van der Waals surface area contributed by atoms with Gasteiger partial charge in [0.15, 0.2) is 0 Å². The Morgan fingerprint density at radius 1 is 1.26 bits per heavy atom. The van der Waals surface area contributed by atoms with Gasteiger partial charge < -0.3 is 10.1 Å². The molecule has 2 heterocycles. The molecule has 0 aliphatic carbocycles. The largest absolute Gasteiger partial charge is 0.475 e. The predicted molar refractivity (Wildman–Crippen MR) is 75.2 cm³/mol. The Bertz CT molecular complexity index is 360. The molecule has 0 spiro atoms. The van der Waals surface area contributed by atoms with Gasteiger partial charge in [-0.1, -0.05) is 13.8 Å². The lowest BCUT2D eigenvalue weighted by Gasteiger charge is -2.14. The maximum absolute atomic E-state index is 5.61. The lowest BCUT2D eigenvalue weighted by Crippen LogP contribution is -2.25. The first-order valence-electron chi connectivity index (χ1n) is 7.15. The maximum atomic E-state index is 5.61. The fourth-order valence-electron chi connectivity index (χ4n) is 2.11. The van der Waals surface area contributed by atoms with Gasteiger partial charge in [0.1, 0.15) is 6.61 Å². The summed E-state index contributed by atoms with van der Waals surface area (Å²) >= 11 is 0. The van der Waals surface area contributed by atoms with Crippen LogP contribution in [0, 0.1) is 0 Å². The summed E-state index contributed by atoms with van der Waals surface area (Å²) in [5.41, 5.74) is 0.945. The van der Waals surface area contributed by atoms with Gasteiger partial charge in [0.25, 0.3) is 0 Å². The van der Waals surface area contributed by atoms with Crippen molar-refractivity contribution >= 4 is 0 Å². The van der Waals surface area contributed by atoms with Gasteiger partial charge in [-0.25, -0.2) is 0 Å². The van der Waals surface area contributed by atoms with Crippen molar-refractivity contribution in [3.63, 3.8) is 0 Å². The zero-order valence-corrected chi connectivity index (χ0v) is 11.9. The van der Waals surface area contributed by atoms with Gasteiger partial charge in [-0.15, -0.1) is 5.10 Å². The molecule has 0 radical (unpaired) electrons. The van der Waals surface area contributed by atoms with E-state index in [-0.39, 0.29) is 0 Å². The van der Waals surface area contributed by atoms with Crippen molar-refractivity contribution in [1.29, 1.82) is 0 Å². The third-order valence-corrected chi connectivity index (χ3v) is 3.24. The van der Waals surface area contributed by atoms with Gasteiger partial charge in [0.2, 0.25) is 5.88 Å². The molecule has 0 amide bonds. The van der Waals surface area contributed by atoms with Crippen LogP contribution in [0.4, 0.5) is 0 Å². The van der Waals surface area contributed by atoms with E-state index >= 15 is 0 Å². The normalized spacial score (nSPS) is 16.2. The van der Waals surface area contributed by atoms with E-state index in [9.17, 15) is 0 Å². The topological polar surface area (TPSA) is 50.3 Å². The molecule has 19 heavy (non-hydrogen) atoms. The fraction of sp³-hybridized carbons (Fsp3) is 0.714. The van der Waals surface area contributed by atoms with Crippen LogP contribution in [0.5, 0.6) is 5.88 Å². The summed E-state index contributed by atoms with van der Waals surface area (Å²) in [6.45, 7) is 9.06. The molecule has 1 N–H and O–H groups in total. The molecule has 0 aromatic carbocycles. The van der Waals surface area contributed by atoms with Gasteiger partial charge in [-0.05, 0) is 32.0 Å². The minimum Gasteiger partial charge on any atom is -0.475 e. The first-order valence-corrected chi connectivity index (χ1v) is 7.15. The standard InChI is InChI=1S/C14H24N4O/c1-12(2)15-11-13-5-6-14(17-16-13)19-10-9-18-7-3-4-8-18/h5-6,12,15H,3-4,7-11H2,1-2H3. The molecule has 1 fully saturated rings. The van der Waals surface area contributed by atoms with Crippen molar-refractivity contribution in [2.24, 2.45) is 0 Å². The average molecular weight is 264 g/mol. The molecule has 0 atom stereocenters. The highest BCUT2D eigenvalue weighted by atomic mass is 16.5. The molecule has 1 aliphatic heterocycles. The van der Waals surface area contributed by atoms with Crippen LogP contribution in [0.3, 0.4) is 0 Å². The Balaban J connectivity index is 1.69. The molecule has 0 unspecified atom stereocenters. The van der Waals surface area contributed by atoms with E-state index in [2.05, 4.69) is 34.3 Å². The molecule has 1 aliphatic rings. The second-order valence-corrected chi connectivity index (χ2v) is 5.30. The molecule has 2 rings (SSSR count). The van der Waals surface area contributed by atoms with Gasteiger partial charge in [0, 0.05) is 25.2 Å². The van der Waals surface area contributed by atoms with Crippen LogP contribution in [0.15, 0.2) is 12.1 Å². The highest BCUT2D eigenvalue weighted by Crippen LogP contribution is 2.08. The molecule has 1 saturated heterocycles. The highest BCUT2D eigenvalue weighted by Gasteiger charge is 2.10. The molecule has 1 aromatic heterocycles. The molecule has 5 nitrogen and oxygen atoms in total. The Morgan fingerprint density at radius 3 is 2.68 bits per heavy atom. The van der Waals surface area contributed by atoms with Crippen molar-refractivity contribution in [3.05, 3.63) is 17.8 Å². The van der Waals surface area contributed by atoms with Crippen molar-refractivity contribution in [2.45, 2.75) is 39.3 Å². The van der Waals surface area contributed by atoms with E-state index < -0.39 is 0 Å². The minimum absolute atomic E-state index is 0.457. The average Bonchev–Trinajstić information content (AvgIpc) is 2.91. The molecule has 106 valence electrons. The van der Waals surface area contributed by atoms with Crippen molar-refractivity contribution < 1.29 is 4.74 Å². The van der Waals surface area contributed by atoms with E-state index in [4.69, 9.17) is 4.74 Å². The summed E-state index contributed by atoms with van der Waals surface area (Å²) in [7, 11) is 0. The van der Waals surface area contributed by atoms with Gasteiger partial charge in [-0.3, -0.25) is 4.90 Å². The second kappa shape index (κ2) is 7.40. The van der Waals surface area contributed by atoms with Crippen LogP contribution in [0.25, 0.3) is 0 Å². The monoisotopic (exact) mass is 264 g/mol. The Kier molecular flexibility index (Phi) is 5.54. The van der Waals surface area contributed by atoms with Crippen molar-refractivity contribution in [1.82, 2.24) is 20.4 Å². The molecule has 5 heteroatoms. The number of nitrogens with zero attached hydrogens (tertiary/aromatic N) is 3. The smallest absolute Gasteiger partial charge is 0.233 e. The van der Waals surface area contributed by atoms with Gasteiger partial charge in [0.05, 0.1) is 5.69 Å². The first kappa shape index (κ1) is 14.2. The molecule has 0 saturated carbocycles. The maximum Gasteiger partial charge on any atom is 0.233 e. The first-order chi connectivity index (χ1) is 9.24. The van der Waals surface area contributed by atoms with Crippen molar-refractivity contribution in [3.8, 4) is 5.88 Å². The lowest BCUT2D eigenvalue weighted by molar-refractivity contribution is 0.230. The van der Waals surface area contributed by atoms with Crippen LogP contribution in [-0.2, 0) is 6.54 Å². The van der Waals surface area contributed by atoms with Gasteiger partial charge >= 0.3 is 0 Å². The third-order valence-electron chi connectivity index (χ3n) is 3.24. The Morgan fingerprint density at radius 2 is 2.05 bits per heavy atom. The zero-order valence-electron chi connectivity index (χ0n) is 11.9. The third kappa shape index (κ3) is 5.12. The predicted octanol–water partition coefficient (Wildman–Crippen LogP) is 1.45. The summed E-state index contributed by atoms with van der Waals surface area (Å²) < 4.78 is 5.61. The summed E-state index contributed by atoms with van der Waals surface area (Å²) in [5.74, 6) is 0.618. The SMILES string of the molecule is CC(C)NCc1ccc(OCCN2CCCC2)nn1. The number of hydrogen-bond acceptors (Lipinski definition) is 5. The number of likely N-dealkylation sites (tertiary alicyclic amines) is 1. The van der Waals surface area contributed by atoms with Crippen LogP contribution in [-0.4, -0.2) is 47.4 Å². The van der Waals surface area contributed by atoms with E-state index in [1.54, 1.807) is 0 Å². The lowest BCUT2D eigenvalue weighted by atomic mass is 10.3. The number of ether oxygens (including phenoxy) is 1. The summed E-state index contributed by atoms with van der Waals surface area (Å²) in [4.78, 5) is 2.42. The van der Waals surface area contributed by atoms with Crippen LogP contribution < -0.4 is 10.1 Å². The molecule has 0 bridgehead atoms. The molecular formula is C14H24N4O. The highest BCUT2D eigenvalue weighted by molar-refractivity contribution is 5.11. The second-order valence-electron chi connectivity index (χ2n) is 5.30. The number of nitrogens with one attached hydrogen (secondary N) is 1. The summed E-state index contributed by atoms with van der Waals surface area (Å²) in [6.07, 6.45) is 2.63. The van der Waals surface area contributed by atoms with Crippen LogP contribution in [0.1, 0.15) is 32.4 Å². The summed E-state index contributed by atoms with van der Waals surface area (Å²) in [5, 5.41) is 11.6. The molecular weight excluding hydrogens is 240 g/mol. The van der Waals surface area contributed by atoms with Gasteiger partial charge in [-0.2, -0.15) is 5.10 Å². The minimum atomic E-state index is 0.457. The quantitative estimate of drug-likeness (QED) is 0.808. The van der Waals surface area contributed by atoms with E-state index in [0.29, 0.717) is 18.5 Å². The number of hydrogen-bond donors (Lipinski definition) is 1. The van der Waals surface area contributed by atoms with E-state index in [1.807, 2.05) is 12.1 Å². The Hall–Kier alpha value is -1.20. The van der Waals surface area contributed by atoms with E-state index in [1.165, 1.54) is 25.9 Å². The number of aromatic nitrogens is 2. The fourth-order valence-corrected chi connectivity index (χ4v) is 2.11. The van der Waals surface area contributed by atoms with Crippen LogP contribution in [0.2, 0.25) is 0 Å². The van der Waals surface area contributed by atoms with Crippen molar-refractivity contribution in [2.75, 3.05) is 26.2 Å². The van der Waals surface area contributed by atoms with E-state index in [0.717, 1.165) is 18.8 Å². The summed E-state index contributed by atoms with van der Waals surface area (Å²) in [6, 6.07) is 4.32. The van der Waals surface area contributed by atoms with Crippen LogP contribution >= 0.6 is 0 Å². The zero-order chi connectivity index (χ0) is 13.5. The number of rotatable bonds is 7. The molecule has 1 aromatic rings.